The summed E-state index contributed by atoms with van der Waals surface area (Å²) in [5.41, 5.74) is 3.07. The molecule has 0 saturated carbocycles. The fraction of sp³-hybridized carbons (Fsp3) is 0.318. The van der Waals surface area contributed by atoms with E-state index in [0.29, 0.717) is 33.6 Å². The maximum absolute atomic E-state index is 13.6. The molecule has 1 fully saturated rings. The topological polar surface area (TPSA) is 92.3 Å². The molecule has 2 aromatic carbocycles. The smallest absolute Gasteiger partial charge is 0.286 e. The van der Waals surface area contributed by atoms with Gasteiger partial charge in [-0.1, -0.05) is 40.6 Å². The predicted octanol–water partition coefficient (Wildman–Crippen LogP) is 4.89. The number of amides is 1. The molecule has 1 aromatic heterocycles. The van der Waals surface area contributed by atoms with Gasteiger partial charge in [0, 0.05) is 17.3 Å². The van der Waals surface area contributed by atoms with E-state index >= 15 is 0 Å². The highest BCUT2D eigenvalue weighted by Gasteiger charge is 2.39. The number of carbonyl (C=O) groups is 1. The second kappa shape index (κ2) is 8.90. The van der Waals surface area contributed by atoms with E-state index < -0.39 is 22.0 Å². The van der Waals surface area contributed by atoms with Crippen LogP contribution in [-0.2, 0) is 10.0 Å². The van der Waals surface area contributed by atoms with Gasteiger partial charge in [-0.05, 0) is 69.0 Å². The van der Waals surface area contributed by atoms with Crippen LogP contribution in [0, 0.1) is 20.8 Å². The molecule has 1 atom stereocenters. The Balaban J connectivity index is 1.59. The molecule has 10 heteroatoms. The molecule has 168 valence electrons. The largest absolute Gasteiger partial charge is 0.320 e. The van der Waals surface area contributed by atoms with Crippen molar-refractivity contribution in [1.29, 1.82) is 0 Å². The van der Waals surface area contributed by atoms with Crippen molar-refractivity contribution in [2.24, 2.45) is 0 Å². The maximum Gasteiger partial charge on any atom is 0.286 e. The number of aryl methyl sites for hydroxylation is 3. The Hall–Kier alpha value is -2.33. The zero-order valence-electron chi connectivity index (χ0n) is 17.9. The van der Waals surface area contributed by atoms with E-state index in [4.69, 9.17) is 11.6 Å². The Morgan fingerprint density at radius 1 is 1.12 bits per heavy atom. The molecular formula is C22H23ClN4O3S2. The Morgan fingerprint density at radius 2 is 1.78 bits per heavy atom. The number of aromatic nitrogens is 2. The van der Waals surface area contributed by atoms with Crippen LogP contribution in [0.1, 0.15) is 50.4 Å². The van der Waals surface area contributed by atoms with Crippen LogP contribution in [0.25, 0.3) is 0 Å². The molecule has 0 unspecified atom stereocenters. The molecule has 3 aromatic rings. The third-order valence-electron chi connectivity index (χ3n) is 5.40. The molecule has 0 spiro atoms. The van der Waals surface area contributed by atoms with E-state index in [-0.39, 0.29) is 5.01 Å². The van der Waals surface area contributed by atoms with Gasteiger partial charge in [-0.3, -0.25) is 4.79 Å². The van der Waals surface area contributed by atoms with Crippen LogP contribution < -0.4 is 5.32 Å². The Morgan fingerprint density at radius 3 is 2.44 bits per heavy atom. The minimum absolute atomic E-state index is 0.182. The fourth-order valence-electron chi connectivity index (χ4n) is 4.14. The Labute approximate surface area is 196 Å². The van der Waals surface area contributed by atoms with E-state index in [0.717, 1.165) is 34.4 Å². The van der Waals surface area contributed by atoms with Gasteiger partial charge < -0.3 is 5.32 Å². The number of benzene rings is 2. The normalized spacial score (nSPS) is 16.9. The number of nitrogens with one attached hydrogen (secondary N) is 1. The summed E-state index contributed by atoms with van der Waals surface area (Å²) in [5, 5.41) is 12.2. The Kier molecular flexibility index (Phi) is 6.35. The molecule has 1 saturated heterocycles. The van der Waals surface area contributed by atoms with Crippen LogP contribution in [0.4, 0.5) is 5.69 Å². The van der Waals surface area contributed by atoms with E-state index in [1.165, 1.54) is 4.31 Å². The first-order valence-corrected chi connectivity index (χ1v) is 12.8. The van der Waals surface area contributed by atoms with Crippen LogP contribution in [0.3, 0.4) is 0 Å². The van der Waals surface area contributed by atoms with Gasteiger partial charge >= 0.3 is 0 Å². The van der Waals surface area contributed by atoms with Crippen LogP contribution in [0.5, 0.6) is 0 Å². The van der Waals surface area contributed by atoms with Crippen LogP contribution in [-0.4, -0.2) is 35.4 Å². The van der Waals surface area contributed by atoms with E-state index in [1.807, 2.05) is 32.9 Å². The lowest BCUT2D eigenvalue weighted by Gasteiger charge is -2.24. The molecule has 32 heavy (non-hydrogen) atoms. The third kappa shape index (κ3) is 4.43. The van der Waals surface area contributed by atoms with Gasteiger partial charge in [0.05, 0.1) is 10.9 Å². The highest BCUT2D eigenvalue weighted by Crippen LogP contribution is 2.39. The second-order valence-electron chi connectivity index (χ2n) is 7.91. The molecule has 1 N–H and O–H groups in total. The first kappa shape index (κ1) is 22.8. The number of halogens is 1. The van der Waals surface area contributed by atoms with Crippen molar-refractivity contribution in [3.05, 3.63) is 68.1 Å². The molecule has 0 radical (unpaired) electrons. The second-order valence-corrected chi connectivity index (χ2v) is 11.2. The zero-order valence-corrected chi connectivity index (χ0v) is 20.3. The summed E-state index contributed by atoms with van der Waals surface area (Å²) < 4.78 is 28.6. The van der Waals surface area contributed by atoms with E-state index in [9.17, 15) is 13.2 Å². The van der Waals surface area contributed by atoms with Gasteiger partial charge in [0.2, 0.25) is 15.0 Å². The van der Waals surface area contributed by atoms with Gasteiger partial charge in [-0.2, -0.15) is 4.31 Å². The van der Waals surface area contributed by atoms with Crippen molar-refractivity contribution in [3.63, 3.8) is 0 Å². The number of carbonyl (C=O) groups excluding carboxylic acids is 1. The van der Waals surface area contributed by atoms with Crippen molar-refractivity contribution < 1.29 is 13.2 Å². The third-order valence-corrected chi connectivity index (χ3v) is 8.89. The number of hydrogen-bond donors (Lipinski definition) is 1. The van der Waals surface area contributed by atoms with Crippen LogP contribution in [0.2, 0.25) is 5.02 Å². The minimum atomic E-state index is -3.72. The number of hydrogen-bond acceptors (Lipinski definition) is 6. The zero-order chi connectivity index (χ0) is 23.0. The van der Waals surface area contributed by atoms with E-state index in [2.05, 4.69) is 15.5 Å². The molecule has 4 rings (SSSR count). The summed E-state index contributed by atoms with van der Waals surface area (Å²) in [6, 6.07) is 10.1. The van der Waals surface area contributed by atoms with Crippen LogP contribution in [0.15, 0.2) is 41.3 Å². The molecule has 1 amide bonds. The number of nitrogens with zero attached hydrogens (tertiary/aromatic N) is 3. The molecular weight excluding hydrogens is 468 g/mol. The van der Waals surface area contributed by atoms with Crippen molar-refractivity contribution in [2.75, 3.05) is 11.9 Å². The monoisotopic (exact) mass is 490 g/mol. The van der Waals surface area contributed by atoms with Gasteiger partial charge in [0.1, 0.15) is 5.01 Å². The van der Waals surface area contributed by atoms with E-state index in [1.54, 1.807) is 24.3 Å². The average Bonchev–Trinajstić information content (AvgIpc) is 3.38. The SMILES string of the molecule is Cc1cc(C)c(S(=O)(=O)N2CCC[C@H]2c2nnc(C(=O)Nc3ccc(Cl)cc3)s2)c(C)c1. The number of anilines is 1. The van der Waals surface area contributed by atoms with Crippen molar-refractivity contribution in [2.45, 2.75) is 44.6 Å². The lowest BCUT2D eigenvalue weighted by atomic mass is 10.1. The maximum atomic E-state index is 13.6. The van der Waals surface area contributed by atoms with Crippen molar-refractivity contribution in [3.8, 4) is 0 Å². The summed E-state index contributed by atoms with van der Waals surface area (Å²) in [7, 11) is -3.72. The predicted molar refractivity (Wildman–Crippen MR) is 126 cm³/mol. The molecule has 0 bridgehead atoms. The highest BCUT2D eigenvalue weighted by atomic mass is 35.5. The quantitative estimate of drug-likeness (QED) is 0.549. The lowest BCUT2D eigenvalue weighted by Crippen LogP contribution is -2.31. The number of rotatable bonds is 5. The standard InChI is InChI=1S/C22H23ClN4O3S2/c1-13-11-14(2)19(15(3)12-13)32(29,30)27-10-4-5-18(27)21-25-26-22(31-21)20(28)24-17-8-6-16(23)7-9-17/h6-9,11-12,18H,4-5,10H2,1-3H3,(H,24,28)/t18-/m0/s1. The minimum Gasteiger partial charge on any atom is -0.320 e. The van der Waals surface area contributed by atoms with Crippen molar-refractivity contribution in [1.82, 2.24) is 14.5 Å². The summed E-state index contributed by atoms with van der Waals surface area (Å²) in [4.78, 5) is 12.9. The van der Waals surface area contributed by atoms with Gasteiger partial charge in [0.15, 0.2) is 0 Å². The van der Waals surface area contributed by atoms with Crippen molar-refractivity contribution >= 4 is 44.6 Å². The van der Waals surface area contributed by atoms with Gasteiger partial charge in [-0.25, -0.2) is 8.42 Å². The first-order valence-electron chi connectivity index (χ1n) is 10.2. The molecule has 2 heterocycles. The molecule has 1 aliphatic rings. The summed E-state index contributed by atoms with van der Waals surface area (Å²) in [6.07, 6.45) is 1.36. The molecule has 7 nitrogen and oxygen atoms in total. The van der Waals surface area contributed by atoms with Gasteiger partial charge in [0.25, 0.3) is 5.91 Å². The highest BCUT2D eigenvalue weighted by molar-refractivity contribution is 7.89. The number of sulfonamides is 1. The van der Waals surface area contributed by atoms with Gasteiger partial charge in [-0.15, -0.1) is 10.2 Å². The average molecular weight is 491 g/mol. The fourth-order valence-corrected chi connectivity index (χ4v) is 7.30. The summed E-state index contributed by atoms with van der Waals surface area (Å²) in [6.45, 7) is 6.00. The van der Waals surface area contributed by atoms with Crippen LogP contribution >= 0.6 is 22.9 Å². The lowest BCUT2D eigenvalue weighted by molar-refractivity contribution is 0.102. The summed E-state index contributed by atoms with van der Waals surface area (Å²) >= 11 is 7.00. The Bertz CT molecular complexity index is 1250. The molecule has 0 aliphatic carbocycles. The first-order chi connectivity index (χ1) is 15.2. The molecule has 1 aliphatic heterocycles. The summed E-state index contributed by atoms with van der Waals surface area (Å²) in [5.74, 6) is -0.395.